The van der Waals surface area contributed by atoms with E-state index in [2.05, 4.69) is 27.4 Å². The van der Waals surface area contributed by atoms with Crippen LogP contribution in [0.5, 0.6) is 0 Å². The lowest BCUT2D eigenvalue weighted by Gasteiger charge is -2.20. The number of hydrogen-bond donors (Lipinski definition) is 2. The average molecular weight is 250 g/mol. The largest absolute Gasteiger partial charge is 0.385 e. The molecule has 0 aromatic carbocycles. The Hall–Kier alpha value is -1.62. The van der Waals surface area contributed by atoms with Crippen LogP contribution in [0.25, 0.3) is 0 Å². The van der Waals surface area contributed by atoms with Gasteiger partial charge < -0.3 is 15.5 Å². The highest BCUT2D eigenvalue weighted by Crippen LogP contribution is 2.12. The van der Waals surface area contributed by atoms with Gasteiger partial charge in [-0.15, -0.1) is 0 Å². The zero-order chi connectivity index (χ0) is 13.5. The number of hydrogen-bond acceptors (Lipinski definition) is 4. The van der Waals surface area contributed by atoms with Gasteiger partial charge in [0.05, 0.1) is 11.3 Å². The second-order valence-electron chi connectivity index (χ2n) is 4.47. The van der Waals surface area contributed by atoms with Gasteiger partial charge >= 0.3 is 0 Å². The number of carbonyl (C=O) groups is 1. The van der Waals surface area contributed by atoms with Crippen LogP contribution in [-0.2, 0) is 0 Å². The molecule has 0 aliphatic carbocycles. The molecule has 1 atom stereocenters. The van der Waals surface area contributed by atoms with E-state index in [0.717, 1.165) is 12.2 Å². The molecule has 0 spiro atoms. The summed E-state index contributed by atoms with van der Waals surface area (Å²) in [4.78, 5) is 18.1. The first-order chi connectivity index (χ1) is 8.56. The van der Waals surface area contributed by atoms with Gasteiger partial charge in [0.15, 0.2) is 0 Å². The maximum atomic E-state index is 12.1. The van der Waals surface area contributed by atoms with Crippen LogP contribution in [-0.4, -0.2) is 49.0 Å². The van der Waals surface area contributed by atoms with Crippen LogP contribution in [0.15, 0.2) is 18.5 Å². The van der Waals surface area contributed by atoms with Crippen LogP contribution in [0.4, 0.5) is 5.69 Å². The molecule has 5 heteroatoms. The van der Waals surface area contributed by atoms with E-state index in [1.807, 2.05) is 27.1 Å². The van der Waals surface area contributed by atoms with Gasteiger partial charge in [-0.05, 0) is 34.0 Å². The Balaban J connectivity index is 2.66. The molecule has 0 aliphatic rings. The van der Waals surface area contributed by atoms with Crippen molar-refractivity contribution in [3.05, 3.63) is 24.0 Å². The van der Waals surface area contributed by atoms with Crippen molar-refractivity contribution < 1.29 is 4.79 Å². The Bertz CT molecular complexity index is 392. The molecule has 2 N–H and O–H groups in total. The third-order valence-electron chi connectivity index (χ3n) is 2.87. The third-order valence-corrected chi connectivity index (χ3v) is 2.87. The van der Waals surface area contributed by atoms with Gasteiger partial charge in [0.1, 0.15) is 0 Å². The lowest BCUT2D eigenvalue weighted by Crippen LogP contribution is -2.38. The number of carbonyl (C=O) groups excluding carboxylic acids is 1. The summed E-state index contributed by atoms with van der Waals surface area (Å²) in [7, 11) is 3.98. The van der Waals surface area contributed by atoms with Crippen molar-refractivity contribution in [2.75, 3.05) is 32.5 Å². The summed E-state index contributed by atoms with van der Waals surface area (Å²) in [6.07, 6.45) is 3.27. The molecule has 1 amide bonds. The molecule has 1 rings (SSSR count). The molecule has 0 bridgehead atoms. The van der Waals surface area contributed by atoms with Crippen molar-refractivity contribution in [2.45, 2.75) is 19.9 Å². The topological polar surface area (TPSA) is 57.3 Å². The molecule has 0 fully saturated rings. The van der Waals surface area contributed by atoms with Crippen molar-refractivity contribution in [1.82, 2.24) is 15.2 Å². The smallest absolute Gasteiger partial charge is 0.255 e. The number of aromatic nitrogens is 1. The minimum atomic E-state index is -0.0900. The Labute approximate surface area is 109 Å². The molecule has 100 valence electrons. The van der Waals surface area contributed by atoms with Crippen LogP contribution >= 0.6 is 0 Å². The Kier molecular flexibility index (Phi) is 5.58. The molecule has 1 heterocycles. The average Bonchev–Trinajstić information content (AvgIpc) is 2.36. The van der Waals surface area contributed by atoms with Gasteiger partial charge in [-0.2, -0.15) is 0 Å². The lowest BCUT2D eigenvalue weighted by atomic mass is 10.2. The summed E-state index contributed by atoms with van der Waals surface area (Å²) < 4.78 is 0. The predicted octanol–water partition coefficient (Wildman–Crippen LogP) is 1.19. The highest BCUT2D eigenvalue weighted by molar-refractivity contribution is 5.99. The van der Waals surface area contributed by atoms with Gasteiger partial charge in [-0.3, -0.25) is 9.78 Å². The summed E-state index contributed by atoms with van der Waals surface area (Å²) in [5.74, 6) is -0.0900. The fourth-order valence-electron chi connectivity index (χ4n) is 1.44. The summed E-state index contributed by atoms with van der Waals surface area (Å²) in [5.41, 5.74) is 1.41. The maximum Gasteiger partial charge on any atom is 0.255 e. The summed E-state index contributed by atoms with van der Waals surface area (Å²) >= 11 is 0. The minimum Gasteiger partial charge on any atom is -0.385 e. The van der Waals surface area contributed by atoms with E-state index < -0.39 is 0 Å². The van der Waals surface area contributed by atoms with Crippen LogP contribution in [0, 0.1) is 0 Å². The Morgan fingerprint density at radius 1 is 1.50 bits per heavy atom. The molecule has 0 saturated carbocycles. The predicted molar refractivity (Wildman–Crippen MR) is 73.9 cm³/mol. The fourth-order valence-corrected chi connectivity index (χ4v) is 1.44. The number of anilines is 1. The van der Waals surface area contributed by atoms with Gasteiger partial charge in [0.2, 0.25) is 0 Å². The van der Waals surface area contributed by atoms with Crippen LogP contribution in [0.1, 0.15) is 24.2 Å². The highest BCUT2D eigenvalue weighted by Gasteiger charge is 2.12. The first kappa shape index (κ1) is 14.4. The van der Waals surface area contributed by atoms with Gasteiger partial charge in [0, 0.05) is 31.5 Å². The van der Waals surface area contributed by atoms with E-state index >= 15 is 0 Å². The first-order valence-corrected chi connectivity index (χ1v) is 6.18. The van der Waals surface area contributed by atoms with Crippen molar-refractivity contribution >= 4 is 11.6 Å². The number of nitrogens with one attached hydrogen (secondary N) is 2. The molecule has 18 heavy (non-hydrogen) atoms. The SMILES string of the molecule is CCNc1ccncc1C(=O)NCC(C)N(C)C. The minimum absolute atomic E-state index is 0.0900. The van der Waals surface area contributed by atoms with Crippen LogP contribution in [0.2, 0.25) is 0 Å². The molecule has 5 nitrogen and oxygen atoms in total. The Morgan fingerprint density at radius 3 is 2.83 bits per heavy atom. The summed E-state index contributed by atoms with van der Waals surface area (Å²) in [6, 6.07) is 2.11. The van der Waals surface area contributed by atoms with Crippen molar-refractivity contribution in [2.24, 2.45) is 0 Å². The van der Waals surface area contributed by atoms with Gasteiger partial charge in [0.25, 0.3) is 5.91 Å². The van der Waals surface area contributed by atoms with Crippen molar-refractivity contribution in [3.63, 3.8) is 0 Å². The summed E-state index contributed by atoms with van der Waals surface area (Å²) in [6.45, 7) is 5.45. The van der Waals surface area contributed by atoms with Crippen molar-refractivity contribution in [3.8, 4) is 0 Å². The molecule has 1 aromatic heterocycles. The fraction of sp³-hybridized carbons (Fsp3) is 0.538. The lowest BCUT2D eigenvalue weighted by molar-refractivity contribution is 0.0944. The standard InChI is InChI=1S/C13H22N4O/c1-5-15-12-6-7-14-9-11(12)13(18)16-8-10(2)17(3)4/h6-7,9-10H,5,8H2,1-4H3,(H,14,15)(H,16,18). The monoisotopic (exact) mass is 250 g/mol. The van der Waals surface area contributed by atoms with E-state index in [-0.39, 0.29) is 5.91 Å². The molecular formula is C13H22N4O. The second-order valence-corrected chi connectivity index (χ2v) is 4.47. The maximum absolute atomic E-state index is 12.1. The zero-order valence-electron chi connectivity index (χ0n) is 11.5. The van der Waals surface area contributed by atoms with E-state index in [0.29, 0.717) is 18.2 Å². The van der Waals surface area contributed by atoms with E-state index in [1.54, 1.807) is 12.4 Å². The van der Waals surface area contributed by atoms with E-state index in [4.69, 9.17) is 0 Å². The normalized spacial score (nSPS) is 12.3. The molecule has 1 unspecified atom stereocenters. The number of rotatable bonds is 6. The number of pyridine rings is 1. The van der Waals surface area contributed by atoms with Crippen LogP contribution in [0.3, 0.4) is 0 Å². The molecule has 1 aromatic rings. The third kappa shape index (κ3) is 4.00. The molecule has 0 aliphatic heterocycles. The Morgan fingerprint density at radius 2 is 2.22 bits per heavy atom. The molecule has 0 saturated heterocycles. The van der Waals surface area contributed by atoms with Gasteiger partial charge in [-0.25, -0.2) is 0 Å². The second kappa shape index (κ2) is 6.96. The zero-order valence-corrected chi connectivity index (χ0v) is 11.5. The van der Waals surface area contributed by atoms with Crippen LogP contribution < -0.4 is 10.6 Å². The molecule has 0 radical (unpaired) electrons. The van der Waals surface area contributed by atoms with Gasteiger partial charge in [-0.1, -0.05) is 0 Å². The quantitative estimate of drug-likeness (QED) is 0.796. The van der Waals surface area contributed by atoms with E-state index in [1.165, 1.54) is 0 Å². The van der Waals surface area contributed by atoms with Crippen molar-refractivity contribution in [1.29, 1.82) is 0 Å². The molecular weight excluding hydrogens is 228 g/mol. The number of amides is 1. The first-order valence-electron chi connectivity index (χ1n) is 6.18. The summed E-state index contributed by atoms with van der Waals surface area (Å²) in [5, 5.41) is 6.07. The van der Waals surface area contributed by atoms with E-state index in [9.17, 15) is 4.79 Å². The number of nitrogens with zero attached hydrogens (tertiary/aromatic N) is 2. The highest BCUT2D eigenvalue weighted by atomic mass is 16.1. The number of likely N-dealkylation sites (N-methyl/N-ethyl adjacent to an activating group) is 1.